The fourth-order valence-electron chi connectivity index (χ4n) is 6.06. The van der Waals surface area contributed by atoms with Crippen LogP contribution in [0.5, 0.6) is 0 Å². The summed E-state index contributed by atoms with van der Waals surface area (Å²) in [5, 5.41) is 14.0. The summed E-state index contributed by atoms with van der Waals surface area (Å²) in [6.45, 7) is 1.42. The predicted octanol–water partition coefficient (Wildman–Crippen LogP) is 5.77. The van der Waals surface area contributed by atoms with Crippen LogP contribution in [0, 0.1) is 5.92 Å². The van der Waals surface area contributed by atoms with E-state index in [1.165, 1.54) is 17.3 Å². The number of piperidine rings is 1. The summed E-state index contributed by atoms with van der Waals surface area (Å²) in [6.07, 6.45) is 1.59. The number of rotatable bonds is 7. The molecule has 9 nitrogen and oxygen atoms in total. The van der Waals surface area contributed by atoms with Gasteiger partial charge >= 0.3 is 12.1 Å². The fourth-order valence-corrected chi connectivity index (χ4v) is 6.06. The lowest BCUT2D eigenvalue weighted by Gasteiger charge is -2.30. The summed E-state index contributed by atoms with van der Waals surface area (Å²) < 4.78 is 41.4. The Morgan fingerprint density at radius 1 is 0.909 bits per heavy atom. The van der Waals surface area contributed by atoms with Crippen LogP contribution in [-0.4, -0.2) is 68.7 Å². The Morgan fingerprint density at radius 3 is 2.39 bits per heavy atom. The first-order chi connectivity index (χ1) is 21.2. The molecule has 4 heterocycles. The lowest BCUT2D eigenvalue weighted by molar-refractivity contribution is -0.177. The number of fused-ring (bicyclic) bond motifs is 1. The van der Waals surface area contributed by atoms with Gasteiger partial charge in [0.15, 0.2) is 0 Å². The number of halogens is 3. The third-order valence-corrected chi connectivity index (χ3v) is 8.45. The molecule has 2 aliphatic rings. The van der Waals surface area contributed by atoms with Crippen LogP contribution in [0.15, 0.2) is 67.1 Å². The zero-order valence-electron chi connectivity index (χ0n) is 23.8. The maximum Gasteiger partial charge on any atom is 0.404 e. The van der Waals surface area contributed by atoms with Gasteiger partial charge in [-0.05, 0) is 66.3 Å². The molecule has 2 aromatic carbocycles. The zero-order chi connectivity index (χ0) is 30.8. The smallest absolute Gasteiger partial charge is 0.404 e. The molecule has 1 amide bonds. The number of hydrogen-bond donors (Lipinski definition) is 2. The highest BCUT2D eigenvalue weighted by Gasteiger charge is 2.45. The third-order valence-electron chi connectivity index (χ3n) is 8.45. The van der Waals surface area contributed by atoms with Crippen molar-refractivity contribution in [3.05, 3.63) is 78.4 Å². The van der Waals surface area contributed by atoms with Crippen LogP contribution in [0.4, 0.5) is 24.8 Å². The molecule has 0 radical (unpaired) electrons. The average molecular weight is 605 g/mol. The second-order valence-electron chi connectivity index (χ2n) is 11.3. The Hall–Kier alpha value is -4.58. The van der Waals surface area contributed by atoms with Crippen molar-refractivity contribution < 1.29 is 27.9 Å². The van der Waals surface area contributed by atoms with E-state index in [1.54, 1.807) is 12.3 Å². The van der Waals surface area contributed by atoms with Crippen molar-refractivity contribution in [1.29, 1.82) is 0 Å². The molecule has 2 fully saturated rings. The molecule has 0 bridgehead atoms. The van der Waals surface area contributed by atoms with Crippen LogP contribution in [0.25, 0.3) is 21.9 Å². The molecular formula is C32H31F3N6O3. The van der Waals surface area contributed by atoms with Gasteiger partial charge in [-0.2, -0.15) is 13.2 Å². The van der Waals surface area contributed by atoms with Crippen molar-refractivity contribution in [2.24, 2.45) is 5.92 Å². The van der Waals surface area contributed by atoms with Gasteiger partial charge in [-0.1, -0.05) is 36.4 Å². The molecule has 2 saturated heterocycles. The van der Waals surface area contributed by atoms with Gasteiger partial charge in [0, 0.05) is 31.4 Å². The summed E-state index contributed by atoms with van der Waals surface area (Å²) in [5.41, 5.74) is 2.18. The van der Waals surface area contributed by atoms with Crippen LogP contribution in [0.3, 0.4) is 0 Å². The van der Waals surface area contributed by atoms with E-state index in [1.807, 2.05) is 47.4 Å². The van der Waals surface area contributed by atoms with E-state index >= 15 is 0 Å². The normalized spacial score (nSPS) is 18.1. The van der Waals surface area contributed by atoms with Gasteiger partial charge in [-0.15, -0.1) is 0 Å². The van der Waals surface area contributed by atoms with E-state index in [9.17, 15) is 27.9 Å². The molecule has 0 saturated carbocycles. The van der Waals surface area contributed by atoms with Gasteiger partial charge in [0.05, 0.1) is 18.3 Å². The Bertz CT molecular complexity index is 1670. The van der Waals surface area contributed by atoms with Gasteiger partial charge in [0.1, 0.15) is 23.4 Å². The van der Waals surface area contributed by atoms with Gasteiger partial charge in [0.2, 0.25) is 0 Å². The predicted molar refractivity (Wildman–Crippen MR) is 159 cm³/mol. The number of anilines is 2. The Kier molecular flexibility index (Phi) is 8.17. The number of likely N-dealkylation sites (tertiary alicyclic amines) is 1. The second kappa shape index (κ2) is 12.2. The molecule has 12 heteroatoms. The molecule has 2 N–H and O–H groups in total. The summed E-state index contributed by atoms with van der Waals surface area (Å²) in [4.78, 5) is 40.7. The molecule has 44 heavy (non-hydrogen) atoms. The van der Waals surface area contributed by atoms with Crippen molar-refractivity contribution in [2.75, 3.05) is 29.9 Å². The molecule has 1 atom stereocenters. The van der Waals surface area contributed by atoms with Gasteiger partial charge in [0.25, 0.3) is 5.91 Å². The first-order valence-corrected chi connectivity index (χ1v) is 14.6. The number of carboxylic acid groups (broad SMARTS) is 1. The van der Waals surface area contributed by atoms with Crippen LogP contribution < -0.4 is 10.2 Å². The van der Waals surface area contributed by atoms with Gasteiger partial charge in [-0.3, -0.25) is 14.5 Å². The van der Waals surface area contributed by atoms with Crippen molar-refractivity contribution in [3.63, 3.8) is 0 Å². The molecule has 2 aromatic heterocycles. The quantitative estimate of drug-likeness (QED) is 0.274. The second-order valence-corrected chi connectivity index (χ2v) is 11.3. The SMILES string of the molecule is O=C(Nc1cc(CN2CCC[C@H]2C(F)(F)F)c(-c2ccc3ccccc3c2)cn1)c1cnc(N2CCC(C(=O)O)CC2)cn1. The summed E-state index contributed by atoms with van der Waals surface area (Å²) in [5.74, 6) is -0.987. The summed E-state index contributed by atoms with van der Waals surface area (Å²) in [7, 11) is 0. The first kappa shape index (κ1) is 29.5. The number of benzene rings is 2. The largest absolute Gasteiger partial charge is 0.481 e. The topological polar surface area (TPSA) is 112 Å². The van der Waals surface area contributed by atoms with E-state index in [4.69, 9.17) is 0 Å². The molecule has 4 aromatic rings. The van der Waals surface area contributed by atoms with E-state index in [0.717, 1.165) is 16.3 Å². The van der Waals surface area contributed by atoms with Gasteiger partial charge < -0.3 is 15.3 Å². The van der Waals surface area contributed by atoms with Crippen LogP contribution in [0.2, 0.25) is 0 Å². The van der Waals surface area contributed by atoms with E-state index < -0.39 is 24.1 Å². The maximum atomic E-state index is 13.8. The lowest BCUT2D eigenvalue weighted by atomic mass is 9.97. The first-order valence-electron chi connectivity index (χ1n) is 14.6. The molecule has 6 rings (SSSR count). The van der Waals surface area contributed by atoms with Crippen molar-refractivity contribution >= 4 is 34.3 Å². The van der Waals surface area contributed by atoms with E-state index in [-0.39, 0.29) is 30.4 Å². The van der Waals surface area contributed by atoms with Crippen molar-refractivity contribution in [1.82, 2.24) is 19.9 Å². The number of carboxylic acids is 1. The number of alkyl halides is 3. The molecule has 2 aliphatic heterocycles. The maximum absolute atomic E-state index is 13.8. The molecule has 228 valence electrons. The number of hydrogen-bond acceptors (Lipinski definition) is 7. The molecule has 0 spiro atoms. The summed E-state index contributed by atoms with van der Waals surface area (Å²) in [6, 6.07) is 13.8. The molecule has 0 aliphatic carbocycles. The minimum Gasteiger partial charge on any atom is -0.481 e. The van der Waals surface area contributed by atoms with Crippen LogP contribution in [0.1, 0.15) is 41.7 Å². The zero-order valence-corrected chi connectivity index (χ0v) is 23.8. The number of nitrogens with one attached hydrogen (secondary N) is 1. The minimum atomic E-state index is -4.33. The number of aliphatic carboxylic acids is 1. The number of carbonyl (C=O) groups excluding carboxylic acids is 1. The third kappa shape index (κ3) is 6.35. The molecular weight excluding hydrogens is 573 g/mol. The number of nitrogens with zero attached hydrogens (tertiary/aromatic N) is 5. The van der Waals surface area contributed by atoms with Crippen LogP contribution in [-0.2, 0) is 11.3 Å². The number of aromatic nitrogens is 3. The Labute approximate surface area is 251 Å². The van der Waals surface area contributed by atoms with Crippen LogP contribution >= 0.6 is 0 Å². The lowest BCUT2D eigenvalue weighted by Crippen LogP contribution is -2.40. The van der Waals surface area contributed by atoms with Gasteiger partial charge in [-0.25, -0.2) is 15.0 Å². The highest BCUT2D eigenvalue weighted by Crippen LogP contribution is 2.36. The van der Waals surface area contributed by atoms with E-state index in [0.29, 0.717) is 55.8 Å². The summed E-state index contributed by atoms with van der Waals surface area (Å²) >= 11 is 0. The Morgan fingerprint density at radius 2 is 1.68 bits per heavy atom. The number of amides is 1. The highest BCUT2D eigenvalue weighted by atomic mass is 19.4. The number of carbonyl (C=O) groups is 2. The standard InChI is InChI=1S/C32H31F3N6O3/c33-32(34,35)27-6-3-11-41(27)19-24-15-28(37-16-25(24)23-8-7-20-4-1-2-5-22(20)14-23)39-30(42)26-17-38-29(18-36-26)40-12-9-21(10-13-40)31(43)44/h1-2,4-5,7-8,14-18,21,27H,3,6,9-13,19H2,(H,43,44)(H,37,39,42)/t27-/m0/s1. The Balaban J connectivity index is 1.23. The molecule has 0 unspecified atom stereocenters. The highest BCUT2D eigenvalue weighted by molar-refractivity contribution is 6.02. The van der Waals surface area contributed by atoms with E-state index in [2.05, 4.69) is 20.3 Å². The average Bonchev–Trinajstić information content (AvgIpc) is 3.50. The van der Waals surface area contributed by atoms with Crippen molar-refractivity contribution in [3.8, 4) is 11.1 Å². The fraction of sp³-hybridized carbons (Fsp3) is 0.344. The number of pyridine rings is 1. The monoisotopic (exact) mass is 604 g/mol. The van der Waals surface area contributed by atoms with Crippen molar-refractivity contribution in [2.45, 2.75) is 44.4 Å². The minimum absolute atomic E-state index is 0.0464.